The maximum Gasteiger partial charge on any atom is 0.249 e. The first kappa shape index (κ1) is 26.7. The molecule has 4 rings (SSSR count). The predicted octanol–water partition coefficient (Wildman–Crippen LogP) is 3.87. The van der Waals surface area contributed by atoms with E-state index in [0.717, 1.165) is 5.52 Å². The van der Waals surface area contributed by atoms with Gasteiger partial charge in [-0.3, -0.25) is 14.5 Å². The fraction of sp³-hybridized carbons (Fsp3) is 0.357. The van der Waals surface area contributed by atoms with Gasteiger partial charge in [-0.05, 0) is 44.5 Å². The van der Waals surface area contributed by atoms with E-state index in [1.54, 1.807) is 18.2 Å². The molecule has 2 aromatic heterocycles. The average Bonchev–Trinajstić information content (AvgIpc) is 3.52. The molecule has 0 aliphatic rings. The van der Waals surface area contributed by atoms with Crippen molar-refractivity contribution in [2.45, 2.75) is 45.3 Å². The molecule has 200 valence electrons. The van der Waals surface area contributed by atoms with Gasteiger partial charge in [0, 0.05) is 37.0 Å². The molecule has 1 unspecified atom stereocenters. The number of aryl methyl sites for hydroxylation is 1. The summed E-state index contributed by atoms with van der Waals surface area (Å²) in [6.45, 7) is 5.78. The molecule has 2 amide bonds. The van der Waals surface area contributed by atoms with Crippen LogP contribution in [-0.2, 0) is 23.2 Å². The number of aromatic nitrogens is 4. The lowest BCUT2D eigenvalue weighted by Gasteiger charge is -2.35. The summed E-state index contributed by atoms with van der Waals surface area (Å²) >= 11 is 0. The highest BCUT2D eigenvalue weighted by atomic mass is 16.5. The van der Waals surface area contributed by atoms with Crippen molar-refractivity contribution in [3.63, 3.8) is 0 Å². The van der Waals surface area contributed by atoms with E-state index in [9.17, 15) is 9.59 Å². The van der Waals surface area contributed by atoms with Crippen molar-refractivity contribution in [2.75, 3.05) is 19.1 Å². The maximum absolute atomic E-state index is 14.2. The number of nitrogens with one attached hydrogen (secondary N) is 1. The van der Waals surface area contributed by atoms with Gasteiger partial charge in [-0.15, -0.1) is 5.10 Å². The summed E-state index contributed by atoms with van der Waals surface area (Å²) < 4.78 is 14.4. The summed E-state index contributed by atoms with van der Waals surface area (Å²) in [6.07, 6.45) is 2.56. The standard InChI is InChI=1S/C28H34N6O4/c1-7-28(2,3)29-27(36)26(24-13-10-14-32(24)4)34(19-15-20(37-5)17-21(16-19)38-6)25(35)18-33-23-12-9-8-11-22(23)30-31-33/h8-17,26H,7,18H2,1-6H3,(H,29,36). The van der Waals surface area contributed by atoms with Crippen LogP contribution in [0, 0.1) is 0 Å². The molecule has 0 aliphatic heterocycles. The fourth-order valence-electron chi connectivity index (χ4n) is 4.24. The largest absolute Gasteiger partial charge is 0.497 e. The molecular weight excluding hydrogens is 484 g/mol. The van der Waals surface area contributed by atoms with Crippen molar-refractivity contribution in [3.05, 3.63) is 66.5 Å². The highest BCUT2D eigenvalue weighted by Gasteiger charge is 2.37. The van der Waals surface area contributed by atoms with Gasteiger partial charge in [0.1, 0.15) is 23.6 Å². The van der Waals surface area contributed by atoms with E-state index in [-0.39, 0.29) is 18.4 Å². The zero-order valence-electron chi connectivity index (χ0n) is 22.6. The third-order valence-electron chi connectivity index (χ3n) is 6.70. The third kappa shape index (κ3) is 5.49. The Balaban J connectivity index is 1.87. The van der Waals surface area contributed by atoms with Gasteiger partial charge >= 0.3 is 0 Å². The molecular formula is C28H34N6O4. The second-order valence-electron chi connectivity index (χ2n) is 9.74. The minimum Gasteiger partial charge on any atom is -0.497 e. The number of fused-ring (bicyclic) bond motifs is 1. The van der Waals surface area contributed by atoms with Crippen molar-refractivity contribution in [1.29, 1.82) is 0 Å². The summed E-state index contributed by atoms with van der Waals surface area (Å²) in [5.74, 6) is 0.315. The predicted molar refractivity (Wildman–Crippen MR) is 145 cm³/mol. The minimum atomic E-state index is -0.986. The lowest BCUT2D eigenvalue weighted by atomic mass is 10.00. The fourth-order valence-corrected chi connectivity index (χ4v) is 4.24. The zero-order chi connectivity index (χ0) is 27.4. The Bertz CT molecular complexity index is 1420. The van der Waals surface area contributed by atoms with Crippen molar-refractivity contribution < 1.29 is 19.1 Å². The number of anilines is 1. The van der Waals surface area contributed by atoms with E-state index < -0.39 is 11.6 Å². The van der Waals surface area contributed by atoms with E-state index in [0.29, 0.717) is 34.8 Å². The number of rotatable bonds is 10. The number of carbonyl (C=O) groups excluding carboxylic acids is 2. The molecule has 4 aromatic rings. The van der Waals surface area contributed by atoms with Crippen molar-refractivity contribution >= 4 is 28.5 Å². The molecule has 0 spiro atoms. The SMILES string of the molecule is CCC(C)(C)NC(=O)C(c1cccn1C)N(C(=O)Cn1nnc2ccccc21)c1cc(OC)cc(OC)c1. The second-order valence-corrected chi connectivity index (χ2v) is 9.74. The Morgan fingerprint density at radius 2 is 1.74 bits per heavy atom. The number of hydrogen-bond donors (Lipinski definition) is 1. The smallest absolute Gasteiger partial charge is 0.249 e. The van der Waals surface area contributed by atoms with E-state index >= 15 is 0 Å². The highest BCUT2D eigenvalue weighted by Crippen LogP contribution is 2.35. The number of nitrogens with zero attached hydrogens (tertiary/aromatic N) is 5. The molecule has 0 aliphatic carbocycles. The molecule has 10 heteroatoms. The topological polar surface area (TPSA) is 104 Å². The van der Waals surface area contributed by atoms with Crippen LogP contribution in [0.3, 0.4) is 0 Å². The molecule has 0 saturated carbocycles. The first-order valence-electron chi connectivity index (χ1n) is 12.4. The normalized spacial score (nSPS) is 12.3. The minimum absolute atomic E-state index is 0.134. The molecule has 0 saturated heterocycles. The summed E-state index contributed by atoms with van der Waals surface area (Å²) in [4.78, 5) is 29.7. The molecule has 2 heterocycles. The van der Waals surface area contributed by atoms with Crippen LogP contribution in [-0.4, -0.2) is 51.1 Å². The number of ether oxygens (including phenoxy) is 2. The third-order valence-corrected chi connectivity index (χ3v) is 6.70. The summed E-state index contributed by atoms with van der Waals surface area (Å²) in [6, 6.07) is 15.3. The molecule has 2 aromatic carbocycles. The maximum atomic E-state index is 14.2. The Kier molecular flexibility index (Phi) is 7.70. The Labute approximate surface area is 222 Å². The van der Waals surface area contributed by atoms with Gasteiger partial charge in [-0.25, -0.2) is 4.68 Å². The zero-order valence-corrected chi connectivity index (χ0v) is 22.6. The van der Waals surface area contributed by atoms with Crippen LogP contribution in [0.2, 0.25) is 0 Å². The van der Waals surface area contributed by atoms with Gasteiger partial charge in [0.15, 0.2) is 6.04 Å². The molecule has 38 heavy (non-hydrogen) atoms. The quantitative estimate of drug-likeness (QED) is 0.342. The van der Waals surface area contributed by atoms with Gasteiger partial charge in [-0.1, -0.05) is 24.3 Å². The summed E-state index contributed by atoms with van der Waals surface area (Å²) in [5.41, 5.74) is 2.01. The Morgan fingerprint density at radius 1 is 1.05 bits per heavy atom. The van der Waals surface area contributed by atoms with E-state index in [4.69, 9.17) is 9.47 Å². The number of para-hydroxylation sites is 1. The first-order valence-corrected chi connectivity index (χ1v) is 12.4. The van der Waals surface area contributed by atoms with Crippen LogP contribution in [0.5, 0.6) is 11.5 Å². The van der Waals surface area contributed by atoms with Crippen molar-refractivity contribution in [1.82, 2.24) is 24.9 Å². The van der Waals surface area contributed by atoms with E-state index in [2.05, 4.69) is 15.6 Å². The molecule has 10 nitrogen and oxygen atoms in total. The molecule has 1 atom stereocenters. The monoisotopic (exact) mass is 518 g/mol. The van der Waals surface area contributed by atoms with E-state index in [1.807, 2.05) is 75.0 Å². The number of carbonyl (C=O) groups is 2. The van der Waals surface area contributed by atoms with Crippen LogP contribution in [0.25, 0.3) is 11.0 Å². The first-order chi connectivity index (χ1) is 18.2. The van der Waals surface area contributed by atoms with Crippen LogP contribution >= 0.6 is 0 Å². The van der Waals surface area contributed by atoms with Crippen LogP contribution in [0.1, 0.15) is 38.9 Å². The van der Waals surface area contributed by atoms with Crippen molar-refractivity contribution in [3.8, 4) is 11.5 Å². The Morgan fingerprint density at radius 3 is 2.34 bits per heavy atom. The van der Waals surface area contributed by atoms with Gasteiger partial charge < -0.3 is 19.4 Å². The average molecular weight is 519 g/mol. The van der Waals surface area contributed by atoms with Crippen molar-refractivity contribution in [2.24, 2.45) is 7.05 Å². The molecule has 1 N–H and O–H groups in total. The number of hydrogen-bond acceptors (Lipinski definition) is 6. The highest BCUT2D eigenvalue weighted by molar-refractivity contribution is 6.01. The molecule has 0 bridgehead atoms. The van der Waals surface area contributed by atoms with Crippen LogP contribution < -0.4 is 19.7 Å². The summed E-state index contributed by atoms with van der Waals surface area (Å²) in [7, 11) is 4.93. The van der Waals surface area contributed by atoms with Gasteiger partial charge in [0.25, 0.3) is 0 Å². The summed E-state index contributed by atoms with van der Waals surface area (Å²) in [5, 5.41) is 11.5. The number of benzene rings is 2. The van der Waals surface area contributed by atoms with Crippen LogP contribution in [0.15, 0.2) is 60.8 Å². The van der Waals surface area contributed by atoms with E-state index in [1.165, 1.54) is 23.8 Å². The van der Waals surface area contributed by atoms with Gasteiger partial charge in [0.2, 0.25) is 11.8 Å². The number of amides is 2. The van der Waals surface area contributed by atoms with Crippen LogP contribution in [0.4, 0.5) is 5.69 Å². The van der Waals surface area contributed by atoms with Gasteiger partial charge in [0.05, 0.1) is 31.1 Å². The van der Waals surface area contributed by atoms with Gasteiger partial charge in [-0.2, -0.15) is 0 Å². The molecule has 0 fully saturated rings. The number of methoxy groups -OCH3 is 2. The lowest BCUT2D eigenvalue weighted by Crippen LogP contribution is -2.51. The Hall–Kier alpha value is -4.34. The molecule has 0 radical (unpaired) electrons. The second kappa shape index (κ2) is 11.0. The lowest BCUT2D eigenvalue weighted by molar-refractivity contribution is -0.128.